The number of carbonyl (C=O) groups excluding carboxylic acids is 1. The number of piperidine rings is 1. The number of hydrogen-bond acceptors (Lipinski definition) is 7. The summed E-state index contributed by atoms with van der Waals surface area (Å²) in [4.78, 5) is 17.6. The molecule has 1 fully saturated rings. The van der Waals surface area contributed by atoms with Crippen molar-refractivity contribution in [2.45, 2.75) is 25.5 Å². The lowest BCUT2D eigenvalue weighted by Crippen LogP contribution is -2.51. The average molecular weight is 269 g/mol. The molecule has 0 radical (unpaired) electrons. The molecule has 2 N–H and O–H groups in total. The number of carbonyl (C=O) groups is 1. The third kappa shape index (κ3) is 3.05. The van der Waals surface area contributed by atoms with Crippen LogP contribution in [-0.2, 0) is 9.47 Å². The molecule has 1 aliphatic heterocycles. The van der Waals surface area contributed by atoms with Crippen LogP contribution in [0.1, 0.15) is 23.8 Å². The molecule has 2 atom stereocenters. The number of anilines is 1. The zero-order valence-electron chi connectivity index (χ0n) is 11.2. The van der Waals surface area contributed by atoms with Crippen LogP contribution in [0.25, 0.3) is 0 Å². The highest BCUT2D eigenvalue weighted by molar-refractivity contribution is 5.87. The van der Waals surface area contributed by atoms with Crippen molar-refractivity contribution in [2.24, 2.45) is 5.73 Å². The van der Waals surface area contributed by atoms with Gasteiger partial charge in [0.1, 0.15) is 6.26 Å². The molecule has 1 aromatic rings. The highest BCUT2D eigenvalue weighted by atomic mass is 16.5. The van der Waals surface area contributed by atoms with E-state index in [1.165, 1.54) is 6.26 Å². The lowest BCUT2D eigenvalue weighted by molar-refractivity contribution is 0.0519. The van der Waals surface area contributed by atoms with Gasteiger partial charge in [-0.05, 0) is 13.3 Å². The third-order valence-electron chi connectivity index (χ3n) is 3.16. The smallest absolute Gasteiger partial charge is 0.360 e. The van der Waals surface area contributed by atoms with Gasteiger partial charge in [0.25, 0.3) is 6.01 Å². The molecule has 7 nitrogen and oxygen atoms in total. The van der Waals surface area contributed by atoms with E-state index in [0.717, 1.165) is 13.0 Å². The summed E-state index contributed by atoms with van der Waals surface area (Å²) in [5, 5.41) is 0. The summed E-state index contributed by atoms with van der Waals surface area (Å²) >= 11 is 0. The predicted octanol–water partition coefficient (Wildman–Crippen LogP) is 0.404. The van der Waals surface area contributed by atoms with Gasteiger partial charge in [0.05, 0.1) is 19.3 Å². The zero-order valence-corrected chi connectivity index (χ0v) is 11.2. The number of oxazole rings is 1. The summed E-state index contributed by atoms with van der Waals surface area (Å²) in [7, 11) is 1.63. The molecule has 0 saturated carbocycles. The number of rotatable bonds is 4. The monoisotopic (exact) mass is 269 g/mol. The lowest BCUT2D eigenvalue weighted by Gasteiger charge is -2.34. The van der Waals surface area contributed by atoms with E-state index in [2.05, 4.69) is 4.98 Å². The summed E-state index contributed by atoms with van der Waals surface area (Å²) in [6.07, 6.45) is 2.03. The van der Waals surface area contributed by atoms with E-state index in [1.807, 2.05) is 4.90 Å². The van der Waals surface area contributed by atoms with Gasteiger partial charge in [0.2, 0.25) is 0 Å². The summed E-state index contributed by atoms with van der Waals surface area (Å²) in [5.74, 6) is -0.477. The normalized spacial score (nSPS) is 23.4. The van der Waals surface area contributed by atoms with E-state index in [1.54, 1.807) is 14.0 Å². The minimum absolute atomic E-state index is 0.0146. The molecule has 106 valence electrons. The first-order valence-corrected chi connectivity index (χ1v) is 6.31. The highest BCUT2D eigenvalue weighted by Gasteiger charge is 2.29. The number of nitrogens with two attached hydrogens (primary N) is 1. The molecule has 19 heavy (non-hydrogen) atoms. The second-order valence-corrected chi connectivity index (χ2v) is 4.41. The highest BCUT2D eigenvalue weighted by Crippen LogP contribution is 2.20. The van der Waals surface area contributed by atoms with Crippen molar-refractivity contribution >= 4 is 12.0 Å². The molecule has 2 rings (SSSR count). The summed E-state index contributed by atoms with van der Waals surface area (Å²) in [6, 6.07) is 0.415. The van der Waals surface area contributed by atoms with E-state index >= 15 is 0 Å². The Hall–Kier alpha value is -1.60. The Labute approximate surface area is 111 Å². The minimum atomic E-state index is -0.477. The maximum absolute atomic E-state index is 11.5. The molecular weight excluding hydrogens is 250 g/mol. The van der Waals surface area contributed by atoms with Crippen LogP contribution in [0.2, 0.25) is 0 Å². The van der Waals surface area contributed by atoms with Gasteiger partial charge in [-0.2, -0.15) is 4.98 Å². The van der Waals surface area contributed by atoms with Crippen LogP contribution in [0.4, 0.5) is 6.01 Å². The van der Waals surface area contributed by atoms with Crippen LogP contribution < -0.4 is 10.6 Å². The third-order valence-corrected chi connectivity index (χ3v) is 3.16. The van der Waals surface area contributed by atoms with E-state index < -0.39 is 5.97 Å². The average Bonchev–Trinajstić information content (AvgIpc) is 2.89. The fraction of sp³-hybridized carbons (Fsp3) is 0.667. The molecule has 0 amide bonds. The lowest BCUT2D eigenvalue weighted by atomic mass is 10.0. The number of esters is 1. The maximum atomic E-state index is 11.5. The van der Waals surface area contributed by atoms with Crippen molar-refractivity contribution in [2.75, 3.05) is 31.7 Å². The summed E-state index contributed by atoms with van der Waals surface area (Å²) < 4.78 is 15.5. The van der Waals surface area contributed by atoms with Crippen LogP contribution in [0.15, 0.2) is 10.7 Å². The molecular formula is C12H19N3O4. The first-order valence-electron chi connectivity index (χ1n) is 6.31. The minimum Gasteiger partial charge on any atom is -0.461 e. The Kier molecular flexibility index (Phi) is 4.39. The SMILES string of the molecule is CCOC(=O)c1coc(N2CC[C@H](N)[C@H](OC)C2)n1. The van der Waals surface area contributed by atoms with Crippen LogP contribution in [0, 0.1) is 0 Å². The van der Waals surface area contributed by atoms with E-state index in [9.17, 15) is 4.79 Å². The molecule has 0 unspecified atom stereocenters. The van der Waals surface area contributed by atoms with Gasteiger partial charge in [0, 0.05) is 19.7 Å². The van der Waals surface area contributed by atoms with Crippen LogP contribution in [-0.4, -0.2) is 49.9 Å². The Balaban J connectivity index is 2.04. The molecule has 7 heteroatoms. The fourth-order valence-corrected chi connectivity index (χ4v) is 2.07. The Morgan fingerprint density at radius 3 is 3.16 bits per heavy atom. The molecule has 0 bridgehead atoms. The topological polar surface area (TPSA) is 90.8 Å². The van der Waals surface area contributed by atoms with Gasteiger partial charge in [-0.3, -0.25) is 0 Å². The van der Waals surface area contributed by atoms with Crippen molar-refractivity contribution in [1.29, 1.82) is 0 Å². The van der Waals surface area contributed by atoms with Gasteiger partial charge < -0.3 is 24.5 Å². The Morgan fingerprint density at radius 2 is 2.47 bits per heavy atom. The van der Waals surface area contributed by atoms with Gasteiger partial charge in [-0.15, -0.1) is 0 Å². The number of hydrogen-bond donors (Lipinski definition) is 1. The molecule has 0 spiro atoms. The van der Waals surface area contributed by atoms with Crippen LogP contribution in [0.3, 0.4) is 0 Å². The number of methoxy groups -OCH3 is 1. The van der Waals surface area contributed by atoms with Crippen molar-refractivity contribution in [1.82, 2.24) is 4.98 Å². The standard InChI is InChI=1S/C12H19N3O4/c1-3-18-11(16)9-7-19-12(14-9)15-5-4-8(13)10(6-15)17-2/h7-8,10H,3-6,13H2,1-2H3/t8-,10+/m0/s1. The zero-order chi connectivity index (χ0) is 13.8. The molecule has 1 saturated heterocycles. The predicted molar refractivity (Wildman–Crippen MR) is 68.1 cm³/mol. The van der Waals surface area contributed by atoms with E-state index in [4.69, 9.17) is 19.6 Å². The van der Waals surface area contributed by atoms with Crippen molar-refractivity contribution in [3.63, 3.8) is 0 Å². The second-order valence-electron chi connectivity index (χ2n) is 4.41. The quantitative estimate of drug-likeness (QED) is 0.791. The first kappa shape index (κ1) is 13.8. The summed E-state index contributed by atoms with van der Waals surface area (Å²) in [5.41, 5.74) is 6.13. The molecule has 2 heterocycles. The number of nitrogens with zero attached hydrogens (tertiary/aromatic N) is 2. The van der Waals surface area contributed by atoms with Crippen molar-refractivity contribution in [3.8, 4) is 0 Å². The van der Waals surface area contributed by atoms with Gasteiger partial charge >= 0.3 is 5.97 Å². The molecule has 0 aliphatic carbocycles. The Bertz CT molecular complexity index is 434. The second kappa shape index (κ2) is 6.03. The molecule has 1 aliphatic rings. The van der Waals surface area contributed by atoms with E-state index in [0.29, 0.717) is 19.2 Å². The van der Waals surface area contributed by atoms with Gasteiger partial charge in [-0.1, -0.05) is 0 Å². The van der Waals surface area contributed by atoms with Crippen molar-refractivity contribution < 1.29 is 18.7 Å². The van der Waals surface area contributed by atoms with E-state index in [-0.39, 0.29) is 17.8 Å². The maximum Gasteiger partial charge on any atom is 0.360 e. The van der Waals surface area contributed by atoms with Gasteiger partial charge in [0.15, 0.2) is 5.69 Å². The van der Waals surface area contributed by atoms with Gasteiger partial charge in [-0.25, -0.2) is 4.79 Å². The van der Waals surface area contributed by atoms with Crippen molar-refractivity contribution in [3.05, 3.63) is 12.0 Å². The summed E-state index contributed by atoms with van der Waals surface area (Å²) in [6.45, 7) is 3.38. The number of aromatic nitrogens is 1. The molecule has 0 aromatic carbocycles. The largest absolute Gasteiger partial charge is 0.461 e. The Morgan fingerprint density at radius 1 is 1.68 bits per heavy atom. The van der Waals surface area contributed by atoms with Crippen LogP contribution >= 0.6 is 0 Å². The first-order chi connectivity index (χ1) is 9.15. The fourth-order valence-electron chi connectivity index (χ4n) is 2.07. The van der Waals surface area contributed by atoms with Crippen LogP contribution in [0.5, 0.6) is 0 Å². The molecule has 1 aromatic heterocycles. The number of ether oxygens (including phenoxy) is 2.